The van der Waals surface area contributed by atoms with E-state index in [1.165, 1.54) is 0 Å². The average Bonchev–Trinajstić information content (AvgIpc) is 2.46. The maximum atomic E-state index is 11.7. The first-order chi connectivity index (χ1) is 10.4. The van der Waals surface area contributed by atoms with E-state index in [-0.39, 0.29) is 6.42 Å². The van der Waals surface area contributed by atoms with Crippen molar-refractivity contribution in [1.82, 2.24) is 5.32 Å². The van der Waals surface area contributed by atoms with Crippen molar-refractivity contribution in [3.05, 3.63) is 29.8 Å². The van der Waals surface area contributed by atoms with Crippen LogP contribution in [0.15, 0.2) is 24.3 Å². The molecule has 1 atom stereocenters. The Labute approximate surface area is 131 Å². The molecular weight excluding hydrogens is 284 g/mol. The van der Waals surface area contributed by atoms with E-state index in [1.54, 1.807) is 0 Å². The van der Waals surface area contributed by atoms with Crippen molar-refractivity contribution in [3.8, 4) is 0 Å². The molecule has 2 N–H and O–H groups in total. The highest BCUT2D eigenvalue weighted by Crippen LogP contribution is 2.20. The van der Waals surface area contributed by atoms with Gasteiger partial charge < -0.3 is 20.1 Å². The van der Waals surface area contributed by atoms with Crippen LogP contribution in [0.1, 0.15) is 37.8 Å². The average molecular weight is 308 g/mol. The number of ether oxygens (including phenoxy) is 1. The number of aliphatic carboxylic acids is 1. The van der Waals surface area contributed by atoms with Gasteiger partial charge in [-0.2, -0.15) is 0 Å². The van der Waals surface area contributed by atoms with Crippen LogP contribution < -0.4 is 10.2 Å². The number of carbonyl (C=O) groups is 2. The van der Waals surface area contributed by atoms with E-state index in [0.717, 1.165) is 24.1 Å². The zero-order valence-corrected chi connectivity index (χ0v) is 13.3. The molecule has 6 heteroatoms. The van der Waals surface area contributed by atoms with E-state index < -0.39 is 18.1 Å². The third-order valence-electron chi connectivity index (χ3n) is 3.21. The Morgan fingerprint density at radius 2 is 1.91 bits per heavy atom. The fourth-order valence-electron chi connectivity index (χ4n) is 1.92. The van der Waals surface area contributed by atoms with E-state index >= 15 is 0 Å². The highest BCUT2D eigenvalue weighted by atomic mass is 16.5. The predicted octanol–water partition coefficient (Wildman–Crippen LogP) is 2.79. The van der Waals surface area contributed by atoms with Gasteiger partial charge in [0.2, 0.25) is 0 Å². The van der Waals surface area contributed by atoms with Crippen molar-refractivity contribution in [2.45, 2.75) is 32.2 Å². The number of benzene rings is 1. The molecule has 0 bridgehead atoms. The molecule has 0 aliphatic heterocycles. The fourth-order valence-corrected chi connectivity index (χ4v) is 1.92. The molecule has 0 aromatic heterocycles. The van der Waals surface area contributed by atoms with Crippen LogP contribution in [0.2, 0.25) is 0 Å². The number of carbonyl (C=O) groups excluding carboxylic acids is 1. The van der Waals surface area contributed by atoms with E-state index in [1.807, 2.05) is 50.2 Å². The van der Waals surface area contributed by atoms with Gasteiger partial charge in [0, 0.05) is 19.8 Å². The number of nitrogens with one attached hydrogen (secondary N) is 1. The van der Waals surface area contributed by atoms with Crippen molar-refractivity contribution >= 4 is 17.7 Å². The van der Waals surface area contributed by atoms with Crippen LogP contribution in [0.4, 0.5) is 10.5 Å². The zero-order chi connectivity index (χ0) is 16.5. The van der Waals surface area contributed by atoms with Gasteiger partial charge in [-0.05, 0) is 24.1 Å². The number of nitrogens with zero attached hydrogens (tertiary/aromatic N) is 1. The monoisotopic (exact) mass is 308 g/mol. The molecule has 0 aliphatic rings. The molecule has 0 saturated carbocycles. The molecule has 122 valence electrons. The summed E-state index contributed by atoms with van der Waals surface area (Å²) in [4.78, 5) is 24.7. The predicted molar refractivity (Wildman–Crippen MR) is 85.2 cm³/mol. The third-order valence-corrected chi connectivity index (χ3v) is 3.21. The van der Waals surface area contributed by atoms with Crippen LogP contribution >= 0.6 is 0 Å². The molecule has 0 fully saturated rings. The molecule has 0 aliphatic carbocycles. The molecule has 1 rings (SSSR count). The first kappa shape index (κ1) is 17.8. The quantitative estimate of drug-likeness (QED) is 0.722. The summed E-state index contributed by atoms with van der Waals surface area (Å²) in [6.07, 6.45) is 0.938. The molecule has 1 aromatic carbocycles. The molecule has 22 heavy (non-hydrogen) atoms. The lowest BCUT2D eigenvalue weighted by atomic mass is 10.0. The second-order valence-electron chi connectivity index (χ2n) is 5.27. The maximum Gasteiger partial charge on any atom is 0.407 e. The van der Waals surface area contributed by atoms with Crippen LogP contribution in [0.5, 0.6) is 0 Å². The van der Waals surface area contributed by atoms with Crippen molar-refractivity contribution < 1.29 is 19.4 Å². The van der Waals surface area contributed by atoms with Gasteiger partial charge in [-0.15, -0.1) is 0 Å². The Balaban J connectivity index is 2.74. The lowest BCUT2D eigenvalue weighted by molar-refractivity contribution is -0.137. The number of alkyl carbamates (subject to hydrolysis) is 1. The van der Waals surface area contributed by atoms with Crippen LogP contribution in [-0.2, 0) is 9.53 Å². The Morgan fingerprint density at radius 1 is 1.27 bits per heavy atom. The summed E-state index contributed by atoms with van der Waals surface area (Å²) in [6.45, 7) is 2.34. The van der Waals surface area contributed by atoms with Crippen molar-refractivity contribution in [2.24, 2.45) is 0 Å². The number of carboxylic acid groups (broad SMARTS) is 1. The first-order valence-corrected chi connectivity index (χ1v) is 7.36. The minimum Gasteiger partial charge on any atom is -0.481 e. The highest BCUT2D eigenvalue weighted by molar-refractivity contribution is 5.72. The number of unbranched alkanes of at least 4 members (excludes halogenated alkanes) is 1. The van der Waals surface area contributed by atoms with Gasteiger partial charge in [-0.25, -0.2) is 4.79 Å². The lowest BCUT2D eigenvalue weighted by Crippen LogP contribution is -2.31. The second kappa shape index (κ2) is 8.92. The number of carboxylic acids is 1. The number of hydrogen-bond donors (Lipinski definition) is 2. The normalized spacial score (nSPS) is 11.6. The minimum absolute atomic E-state index is 0.190. The van der Waals surface area contributed by atoms with Gasteiger partial charge in [0.05, 0.1) is 19.1 Å². The van der Waals surface area contributed by atoms with Gasteiger partial charge in [-0.1, -0.05) is 25.5 Å². The van der Waals surface area contributed by atoms with Gasteiger partial charge >= 0.3 is 12.1 Å². The van der Waals surface area contributed by atoms with Crippen LogP contribution in [-0.4, -0.2) is 37.9 Å². The largest absolute Gasteiger partial charge is 0.481 e. The van der Waals surface area contributed by atoms with Gasteiger partial charge in [0.25, 0.3) is 0 Å². The summed E-state index contributed by atoms with van der Waals surface area (Å²) in [6, 6.07) is 6.79. The van der Waals surface area contributed by atoms with Crippen LogP contribution in [0.25, 0.3) is 0 Å². The first-order valence-electron chi connectivity index (χ1n) is 7.36. The second-order valence-corrected chi connectivity index (χ2v) is 5.27. The molecule has 0 unspecified atom stereocenters. The minimum atomic E-state index is -0.976. The number of amides is 1. The SMILES string of the molecule is CCCCOC(=O)N[C@@H](CC(=O)O)c1ccc(N(C)C)cc1. The zero-order valence-electron chi connectivity index (χ0n) is 13.3. The molecule has 0 saturated heterocycles. The van der Waals surface area contributed by atoms with E-state index in [4.69, 9.17) is 9.84 Å². The maximum absolute atomic E-state index is 11.7. The van der Waals surface area contributed by atoms with Crippen LogP contribution in [0, 0.1) is 0 Å². The summed E-state index contributed by atoms with van der Waals surface area (Å²) in [7, 11) is 3.85. The summed E-state index contributed by atoms with van der Waals surface area (Å²) in [5, 5.41) is 11.6. The van der Waals surface area contributed by atoms with Crippen LogP contribution in [0.3, 0.4) is 0 Å². The molecule has 0 heterocycles. The van der Waals surface area contributed by atoms with E-state index in [0.29, 0.717) is 6.61 Å². The summed E-state index contributed by atoms with van der Waals surface area (Å²) < 4.78 is 5.03. The van der Waals surface area contributed by atoms with Gasteiger partial charge in [0.1, 0.15) is 0 Å². The van der Waals surface area contributed by atoms with E-state index in [2.05, 4.69) is 5.32 Å². The highest BCUT2D eigenvalue weighted by Gasteiger charge is 2.18. The number of hydrogen-bond acceptors (Lipinski definition) is 4. The number of rotatable bonds is 8. The molecule has 1 amide bonds. The van der Waals surface area contributed by atoms with E-state index in [9.17, 15) is 9.59 Å². The third kappa shape index (κ3) is 6.03. The molecule has 6 nitrogen and oxygen atoms in total. The number of anilines is 1. The fraction of sp³-hybridized carbons (Fsp3) is 0.500. The summed E-state index contributed by atoms with van der Waals surface area (Å²) in [5.41, 5.74) is 1.74. The standard InChI is InChI=1S/C16H24N2O4/c1-4-5-10-22-16(21)17-14(11-15(19)20)12-6-8-13(9-7-12)18(2)3/h6-9,14H,4-5,10-11H2,1-3H3,(H,17,21)(H,19,20)/t14-/m0/s1. The molecule has 0 radical (unpaired) electrons. The summed E-state index contributed by atoms with van der Waals surface area (Å²) >= 11 is 0. The van der Waals surface area contributed by atoms with Crippen molar-refractivity contribution in [3.63, 3.8) is 0 Å². The van der Waals surface area contributed by atoms with Gasteiger partial charge in [0.15, 0.2) is 0 Å². The van der Waals surface area contributed by atoms with Crippen molar-refractivity contribution in [1.29, 1.82) is 0 Å². The van der Waals surface area contributed by atoms with Gasteiger partial charge in [-0.3, -0.25) is 4.79 Å². The topological polar surface area (TPSA) is 78.9 Å². The Morgan fingerprint density at radius 3 is 2.41 bits per heavy atom. The Bertz CT molecular complexity index is 485. The molecular formula is C16H24N2O4. The summed E-state index contributed by atoms with van der Waals surface area (Å²) in [5.74, 6) is -0.976. The Hall–Kier alpha value is -2.24. The van der Waals surface area contributed by atoms with Crippen molar-refractivity contribution in [2.75, 3.05) is 25.6 Å². The molecule has 1 aromatic rings. The lowest BCUT2D eigenvalue weighted by Gasteiger charge is -2.19. The smallest absolute Gasteiger partial charge is 0.407 e. The Kier molecular flexibility index (Phi) is 7.22. The molecule has 0 spiro atoms.